The Morgan fingerprint density at radius 2 is 0.714 bits per heavy atom. The fourth-order valence-corrected chi connectivity index (χ4v) is 8.47. The maximum absolute atomic E-state index is 4.84. The minimum Gasteiger partial charge on any atom is -0.256 e. The molecule has 0 radical (unpaired) electrons. The van der Waals surface area contributed by atoms with E-state index in [1.165, 1.54) is 76.5 Å². The molecule has 0 atom stereocenters. The predicted octanol–water partition coefficient (Wildman–Crippen LogP) is 14.6. The van der Waals surface area contributed by atoms with Gasteiger partial charge in [-0.1, -0.05) is 158 Å². The second-order valence-electron chi connectivity index (χ2n) is 14.6. The van der Waals surface area contributed by atoms with Gasteiger partial charge in [-0.2, -0.15) is 0 Å². The minimum atomic E-state index is 0.914. The second kappa shape index (κ2) is 13.2. The highest BCUT2D eigenvalue weighted by Crippen LogP contribution is 2.46. The summed E-state index contributed by atoms with van der Waals surface area (Å²) in [5.74, 6) is 0. The van der Waals surface area contributed by atoms with Gasteiger partial charge < -0.3 is 0 Å². The lowest BCUT2D eigenvalue weighted by Gasteiger charge is -2.19. The largest absolute Gasteiger partial charge is 0.256 e. The van der Waals surface area contributed by atoms with Crippen molar-refractivity contribution in [1.29, 1.82) is 0 Å². The summed E-state index contributed by atoms with van der Waals surface area (Å²) in [5, 5.41) is 11.1. The third kappa shape index (κ3) is 5.51. The normalized spacial score (nSPS) is 11.6. The Morgan fingerprint density at radius 1 is 0.250 bits per heavy atom. The van der Waals surface area contributed by atoms with Crippen LogP contribution in [0.25, 0.3) is 110 Å². The molecule has 0 fully saturated rings. The zero-order valence-corrected chi connectivity index (χ0v) is 30.5. The summed E-state index contributed by atoms with van der Waals surface area (Å²) in [6.45, 7) is 0. The van der Waals surface area contributed by atoms with Crippen molar-refractivity contribution in [1.82, 2.24) is 9.97 Å². The van der Waals surface area contributed by atoms with Crippen LogP contribution < -0.4 is 0 Å². The van der Waals surface area contributed by atoms with E-state index < -0.39 is 0 Å². The maximum Gasteiger partial charge on any atom is 0.0718 e. The van der Waals surface area contributed by atoms with Crippen LogP contribution in [-0.2, 0) is 0 Å². The zero-order chi connectivity index (χ0) is 37.0. The van der Waals surface area contributed by atoms with E-state index in [0.717, 1.165) is 33.3 Å². The molecule has 56 heavy (non-hydrogen) atoms. The van der Waals surface area contributed by atoms with Crippen molar-refractivity contribution >= 4 is 54.0 Å². The first kappa shape index (κ1) is 32.0. The van der Waals surface area contributed by atoms with Crippen molar-refractivity contribution < 1.29 is 0 Å². The summed E-state index contributed by atoms with van der Waals surface area (Å²) in [6, 6.07) is 70.4. The first-order valence-electron chi connectivity index (χ1n) is 19.1. The SMILES string of the molecule is c1ccc2cc(-c3c4ccccc4c(-c4ccc5ccccc5c4)c4cc(-c5ccc(-c6ccc(-c7cnc8ccccc8c7)nc6)cc5)ccc34)ccc2c1. The lowest BCUT2D eigenvalue weighted by atomic mass is 9.84. The molecule has 0 aliphatic rings. The van der Waals surface area contributed by atoms with Crippen LogP contribution in [0.3, 0.4) is 0 Å². The van der Waals surface area contributed by atoms with E-state index in [-0.39, 0.29) is 0 Å². The summed E-state index contributed by atoms with van der Waals surface area (Å²) in [7, 11) is 0. The van der Waals surface area contributed by atoms with Crippen molar-refractivity contribution in [2.45, 2.75) is 0 Å². The van der Waals surface area contributed by atoms with Crippen molar-refractivity contribution in [3.63, 3.8) is 0 Å². The van der Waals surface area contributed by atoms with Gasteiger partial charge in [0, 0.05) is 28.9 Å². The predicted molar refractivity (Wildman–Crippen MR) is 237 cm³/mol. The molecule has 0 saturated heterocycles. The molecule has 2 nitrogen and oxygen atoms in total. The number of hydrogen-bond donors (Lipinski definition) is 0. The highest BCUT2D eigenvalue weighted by molar-refractivity contribution is 6.22. The molecule has 11 rings (SSSR count). The Kier molecular flexibility index (Phi) is 7.53. The molecule has 0 spiro atoms. The van der Waals surface area contributed by atoms with Gasteiger partial charge in [0.2, 0.25) is 0 Å². The smallest absolute Gasteiger partial charge is 0.0718 e. The molecule has 0 saturated carbocycles. The van der Waals surface area contributed by atoms with Gasteiger partial charge in [0.1, 0.15) is 0 Å². The molecule has 0 aliphatic heterocycles. The molecule has 0 amide bonds. The molecular formula is C54H34N2. The monoisotopic (exact) mass is 710 g/mol. The summed E-state index contributed by atoms with van der Waals surface area (Å²) < 4.78 is 0. The van der Waals surface area contributed by atoms with Gasteiger partial charge in [-0.15, -0.1) is 0 Å². The van der Waals surface area contributed by atoms with Crippen LogP contribution in [0.2, 0.25) is 0 Å². The van der Waals surface area contributed by atoms with Crippen molar-refractivity contribution in [3.8, 4) is 55.8 Å². The summed E-state index contributed by atoms with van der Waals surface area (Å²) in [6.07, 6.45) is 3.87. The molecule has 11 aromatic rings. The number of hydrogen-bond acceptors (Lipinski definition) is 2. The molecule has 2 heteroatoms. The molecule has 0 unspecified atom stereocenters. The Morgan fingerprint density at radius 3 is 1.36 bits per heavy atom. The molecule has 2 heterocycles. The van der Waals surface area contributed by atoms with Crippen LogP contribution in [0.15, 0.2) is 207 Å². The topological polar surface area (TPSA) is 25.8 Å². The number of rotatable bonds is 5. The van der Waals surface area contributed by atoms with Crippen LogP contribution in [0.1, 0.15) is 0 Å². The van der Waals surface area contributed by atoms with E-state index in [9.17, 15) is 0 Å². The van der Waals surface area contributed by atoms with Gasteiger partial charge in [0.15, 0.2) is 0 Å². The van der Waals surface area contributed by atoms with Gasteiger partial charge in [-0.25, -0.2) is 0 Å². The number of fused-ring (bicyclic) bond motifs is 5. The lowest BCUT2D eigenvalue weighted by Crippen LogP contribution is -1.92. The van der Waals surface area contributed by atoms with E-state index in [1.54, 1.807) is 0 Å². The van der Waals surface area contributed by atoms with Crippen LogP contribution in [0.4, 0.5) is 0 Å². The number of benzene rings is 9. The Bertz CT molecular complexity index is 3290. The van der Waals surface area contributed by atoms with Crippen molar-refractivity contribution in [2.24, 2.45) is 0 Å². The highest BCUT2D eigenvalue weighted by atomic mass is 14.7. The average molecular weight is 711 g/mol. The maximum atomic E-state index is 4.84. The summed E-state index contributed by atoms with van der Waals surface area (Å²) in [4.78, 5) is 9.47. The van der Waals surface area contributed by atoms with Crippen LogP contribution in [0, 0.1) is 0 Å². The number of pyridine rings is 2. The Hall–Kier alpha value is -7.42. The van der Waals surface area contributed by atoms with Crippen molar-refractivity contribution in [3.05, 3.63) is 207 Å². The minimum absolute atomic E-state index is 0.914. The molecular weight excluding hydrogens is 677 g/mol. The van der Waals surface area contributed by atoms with E-state index in [1.807, 2.05) is 30.6 Å². The fraction of sp³-hybridized carbons (Fsp3) is 0. The summed E-state index contributed by atoms with van der Waals surface area (Å²) in [5.41, 5.74) is 12.5. The Balaban J connectivity index is 1.04. The zero-order valence-electron chi connectivity index (χ0n) is 30.5. The van der Waals surface area contributed by atoms with Gasteiger partial charge in [-0.3, -0.25) is 9.97 Å². The average Bonchev–Trinajstić information content (AvgIpc) is 3.27. The van der Waals surface area contributed by atoms with Gasteiger partial charge in [-0.05, 0) is 118 Å². The first-order chi connectivity index (χ1) is 27.7. The summed E-state index contributed by atoms with van der Waals surface area (Å²) >= 11 is 0. The molecule has 0 aliphatic carbocycles. The standard InChI is InChI=1S/C54H34N2/c1-3-11-39-29-43(23-21-35(39)9-1)53-47-14-6-7-15-48(47)54(44-24-22-36-10-2-4-12-40(36)30-44)50-32-41(25-27-49(50)53)37-17-19-38(20-18-37)45-26-28-52(55-33-45)46-31-42-13-5-8-16-51(42)56-34-46/h1-34H. The fourth-order valence-electron chi connectivity index (χ4n) is 8.47. The van der Waals surface area contributed by atoms with E-state index in [4.69, 9.17) is 4.98 Å². The van der Waals surface area contributed by atoms with Gasteiger partial charge >= 0.3 is 0 Å². The quantitative estimate of drug-likeness (QED) is 0.166. The lowest BCUT2D eigenvalue weighted by molar-refractivity contribution is 1.31. The van der Waals surface area contributed by atoms with Crippen LogP contribution >= 0.6 is 0 Å². The van der Waals surface area contributed by atoms with Gasteiger partial charge in [0.25, 0.3) is 0 Å². The van der Waals surface area contributed by atoms with Crippen LogP contribution in [0.5, 0.6) is 0 Å². The van der Waals surface area contributed by atoms with E-state index >= 15 is 0 Å². The molecule has 260 valence electrons. The highest BCUT2D eigenvalue weighted by Gasteiger charge is 2.18. The third-order valence-corrected chi connectivity index (χ3v) is 11.3. The first-order valence-corrected chi connectivity index (χ1v) is 19.1. The molecule has 0 bridgehead atoms. The van der Waals surface area contributed by atoms with E-state index in [2.05, 4.69) is 181 Å². The molecule has 2 aromatic heterocycles. The number of nitrogens with zero attached hydrogens (tertiary/aromatic N) is 2. The molecule has 0 N–H and O–H groups in total. The van der Waals surface area contributed by atoms with Gasteiger partial charge in [0.05, 0.1) is 11.2 Å². The Labute approximate surface area is 325 Å². The van der Waals surface area contributed by atoms with Crippen LogP contribution in [-0.4, -0.2) is 9.97 Å². The molecule has 9 aromatic carbocycles. The number of para-hydroxylation sites is 1. The number of aromatic nitrogens is 2. The third-order valence-electron chi connectivity index (χ3n) is 11.3. The van der Waals surface area contributed by atoms with E-state index in [0.29, 0.717) is 0 Å². The second-order valence-corrected chi connectivity index (χ2v) is 14.6. The van der Waals surface area contributed by atoms with Crippen molar-refractivity contribution in [2.75, 3.05) is 0 Å².